The van der Waals surface area contributed by atoms with Gasteiger partial charge in [0, 0.05) is 35.7 Å². The maximum Gasteiger partial charge on any atom is 0.322 e. The first-order chi connectivity index (χ1) is 12.6. The van der Waals surface area contributed by atoms with Gasteiger partial charge >= 0.3 is 6.03 Å². The van der Waals surface area contributed by atoms with Gasteiger partial charge in [-0.25, -0.2) is 9.18 Å². The molecule has 2 heterocycles. The summed E-state index contributed by atoms with van der Waals surface area (Å²) in [4.78, 5) is 14.7. The Balaban J connectivity index is 1.66. The second kappa shape index (κ2) is 6.84. The van der Waals surface area contributed by atoms with Gasteiger partial charge in [0.2, 0.25) is 0 Å². The van der Waals surface area contributed by atoms with Crippen LogP contribution in [-0.4, -0.2) is 22.0 Å². The summed E-state index contributed by atoms with van der Waals surface area (Å²) < 4.78 is 15.5. The molecule has 1 aromatic heterocycles. The van der Waals surface area contributed by atoms with E-state index in [9.17, 15) is 9.18 Å². The molecule has 4 nitrogen and oxygen atoms in total. The number of nitrogens with one attached hydrogen (secondary N) is 1. The number of urea groups is 1. The second-order valence-corrected chi connectivity index (χ2v) is 6.65. The molecule has 0 fully saturated rings. The molecule has 1 aliphatic rings. The molecule has 1 N–H and O–H groups in total. The van der Waals surface area contributed by atoms with Gasteiger partial charge in [0.15, 0.2) is 0 Å². The lowest BCUT2D eigenvalue weighted by molar-refractivity contribution is 0.182. The fourth-order valence-electron chi connectivity index (χ4n) is 3.33. The Hall–Kier alpha value is -2.79. The second-order valence-electron chi connectivity index (χ2n) is 6.21. The number of aromatic nitrogens is 1. The van der Waals surface area contributed by atoms with Crippen LogP contribution in [0, 0.1) is 5.82 Å². The van der Waals surface area contributed by atoms with Gasteiger partial charge in [-0.15, -0.1) is 0 Å². The van der Waals surface area contributed by atoms with Crippen LogP contribution in [0.1, 0.15) is 17.3 Å². The number of amides is 2. The van der Waals surface area contributed by atoms with E-state index in [0.717, 1.165) is 11.3 Å². The molecule has 0 bridgehead atoms. The first kappa shape index (κ1) is 16.7. The molecule has 1 atom stereocenters. The number of hydrogen-bond acceptors (Lipinski definition) is 1. The highest BCUT2D eigenvalue weighted by atomic mass is 35.5. The minimum absolute atomic E-state index is 0.200. The normalized spacial score (nSPS) is 16.2. The van der Waals surface area contributed by atoms with Crippen LogP contribution in [0.4, 0.5) is 14.9 Å². The fraction of sp³-hybridized carbons (Fsp3) is 0.150. The number of carbonyl (C=O) groups excluding carboxylic acids is 1. The Labute approximate surface area is 155 Å². The Morgan fingerprint density at radius 1 is 1.04 bits per heavy atom. The Morgan fingerprint density at radius 3 is 2.50 bits per heavy atom. The summed E-state index contributed by atoms with van der Waals surface area (Å²) in [5.41, 5.74) is 2.56. The summed E-state index contributed by atoms with van der Waals surface area (Å²) in [6, 6.07) is 16.8. The van der Waals surface area contributed by atoms with Crippen molar-refractivity contribution < 1.29 is 9.18 Å². The van der Waals surface area contributed by atoms with Crippen molar-refractivity contribution in [1.29, 1.82) is 0 Å². The van der Waals surface area contributed by atoms with Crippen LogP contribution in [0.15, 0.2) is 66.9 Å². The van der Waals surface area contributed by atoms with E-state index in [1.807, 2.05) is 18.3 Å². The van der Waals surface area contributed by atoms with E-state index in [-0.39, 0.29) is 17.9 Å². The third-order valence-electron chi connectivity index (χ3n) is 4.58. The molecule has 0 saturated heterocycles. The van der Waals surface area contributed by atoms with Crippen molar-refractivity contribution in [3.63, 3.8) is 0 Å². The number of carbonyl (C=O) groups is 1. The zero-order valence-corrected chi connectivity index (χ0v) is 14.7. The molecule has 0 radical (unpaired) electrons. The highest BCUT2D eigenvalue weighted by Crippen LogP contribution is 2.33. The first-order valence-electron chi connectivity index (χ1n) is 8.35. The van der Waals surface area contributed by atoms with Crippen LogP contribution >= 0.6 is 11.6 Å². The summed E-state index contributed by atoms with van der Waals surface area (Å²) in [5.74, 6) is -0.294. The number of rotatable bonds is 2. The monoisotopic (exact) mass is 369 g/mol. The predicted molar refractivity (Wildman–Crippen MR) is 99.9 cm³/mol. The predicted octanol–water partition coefficient (Wildman–Crippen LogP) is 4.92. The van der Waals surface area contributed by atoms with Crippen molar-refractivity contribution in [2.45, 2.75) is 12.6 Å². The first-order valence-corrected chi connectivity index (χ1v) is 8.73. The number of anilines is 1. The molecule has 4 rings (SSSR count). The number of hydrogen-bond donors (Lipinski definition) is 1. The van der Waals surface area contributed by atoms with E-state index in [4.69, 9.17) is 11.6 Å². The molecule has 0 saturated carbocycles. The molecule has 6 heteroatoms. The van der Waals surface area contributed by atoms with Crippen LogP contribution in [0.5, 0.6) is 0 Å². The van der Waals surface area contributed by atoms with Gasteiger partial charge in [-0.3, -0.25) is 0 Å². The van der Waals surface area contributed by atoms with E-state index in [1.165, 1.54) is 12.1 Å². The molecule has 0 spiro atoms. The number of benzene rings is 2. The molecular weight excluding hydrogens is 353 g/mol. The van der Waals surface area contributed by atoms with Gasteiger partial charge in [0.05, 0.1) is 6.04 Å². The molecular formula is C20H17ClFN3O. The number of halogens is 2. The Kier molecular flexibility index (Phi) is 4.39. The minimum atomic E-state index is -0.294. The van der Waals surface area contributed by atoms with Gasteiger partial charge in [0.1, 0.15) is 5.82 Å². The van der Waals surface area contributed by atoms with Gasteiger partial charge < -0.3 is 14.8 Å². The summed E-state index contributed by atoms with van der Waals surface area (Å²) in [6.45, 7) is 1.28. The van der Waals surface area contributed by atoms with Crippen molar-refractivity contribution in [3.8, 4) is 0 Å². The third kappa shape index (κ3) is 3.18. The van der Waals surface area contributed by atoms with Crippen molar-refractivity contribution in [2.24, 2.45) is 0 Å². The van der Waals surface area contributed by atoms with E-state index in [2.05, 4.69) is 9.88 Å². The van der Waals surface area contributed by atoms with E-state index in [1.54, 1.807) is 41.3 Å². The lowest BCUT2D eigenvalue weighted by atomic mass is 10.0. The average molecular weight is 370 g/mol. The SMILES string of the molecule is O=C(Nc1ccc(Cl)cc1)N1CCn2cccc2[C@@H]1c1ccc(F)cc1. The number of fused-ring (bicyclic) bond motifs is 1. The fourth-order valence-corrected chi connectivity index (χ4v) is 3.45. The topological polar surface area (TPSA) is 37.3 Å². The van der Waals surface area contributed by atoms with Gasteiger partial charge in [-0.2, -0.15) is 0 Å². The van der Waals surface area contributed by atoms with Crippen LogP contribution in [-0.2, 0) is 6.54 Å². The molecule has 3 aromatic rings. The summed E-state index contributed by atoms with van der Waals surface area (Å²) >= 11 is 5.90. The molecule has 132 valence electrons. The molecule has 1 aliphatic heterocycles. The van der Waals surface area contributed by atoms with Crippen molar-refractivity contribution >= 4 is 23.3 Å². The van der Waals surface area contributed by atoms with Gasteiger partial charge in [-0.1, -0.05) is 23.7 Å². The van der Waals surface area contributed by atoms with E-state index in [0.29, 0.717) is 23.8 Å². The molecule has 0 aliphatic carbocycles. The summed E-state index contributed by atoms with van der Waals surface area (Å²) in [5, 5.41) is 3.53. The summed E-state index contributed by atoms with van der Waals surface area (Å²) in [6.07, 6.45) is 2.00. The Morgan fingerprint density at radius 2 is 1.77 bits per heavy atom. The molecule has 2 aromatic carbocycles. The lowest BCUT2D eigenvalue weighted by Crippen LogP contribution is -2.44. The smallest absolute Gasteiger partial charge is 0.322 e. The zero-order valence-electron chi connectivity index (χ0n) is 13.9. The van der Waals surface area contributed by atoms with Crippen LogP contribution in [0.25, 0.3) is 0 Å². The highest BCUT2D eigenvalue weighted by Gasteiger charge is 2.32. The lowest BCUT2D eigenvalue weighted by Gasteiger charge is -2.37. The van der Waals surface area contributed by atoms with Crippen molar-refractivity contribution in [1.82, 2.24) is 9.47 Å². The molecule has 0 unspecified atom stereocenters. The minimum Gasteiger partial charge on any atom is -0.348 e. The van der Waals surface area contributed by atoms with Crippen molar-refractivity contribution in [3.05, 3.63) is 89.0 Å². The summed E-state index contributed by atoms with van der Waals surface area (Å²) in [7, 11) is 0. The maximum absolute atomic E-state index is 13.4. The van der Waals surface area contributed by atoms with Gasteiger partial charge in [-0.05, 0) is 54.1 Å². The quantitative estimate of drug-likeness (QED) is 0.684. The van der Waals surface area contributed by atoms with Crippen LogP contribution in [0.3, 0.4) is 0 Å². The third-order valence-corrected chi connectivity index (χ3v) is 4.83. The van der Waals surface area contributed by atoms with Gasteiger partial charge in [0.25, 0.3) is 0 Å². The molecule has 26 heavy (non-hydrogen) atoms. The van der Waals surface area contributed by atoms with E-state index < -0.39 is 0 Å². The van der Waals surface area contributed by atoms with Crippen LogP contribution in [0.2, 0.25) is 5.02 Å². The maximum atomic E-state index is 13.4. The van der Waals surface area contributed by atoms with E-state index >= 15 is 0 Å². The molecule has 2 amide bonds. The largest absolute Gasteiger partial charge is 0.348 e. The average Bonchev–Trinajstić information content (AvgIpc) is 3.12. The Bertz CT molecular complexity index is 921. The highest BCUT2D eigenvalue weighted by molar-refractivity contribution is 6.30. The van der Waals surface area contributed by atoms with Crippen LogP contribution < -0.4 is 5.32 Å². The standard InChI is InChI=1S/C20H17ClFN3O/c21-15-5-9-17(10-6-15)23-20(26)25-13-12-24-11-1-2-18(24)19(25)14-3-7-16(22)8-4-14/h1-11,19H,12-13H2,(H,23,26)/t19-/m0/s1. The zero-order chi connectivity index (χ0) is 18.1. The van der Waals surface area contributed by atoms with Crippen molar-refractivity contribution in [2.75, 3.05) is 11.9 Å². The number of nitrogens with zero attached hydrogens (tertiary/aromatic N) is 2.